The zero-order valence-electron chi connectivity index (χ0n) is 18.4. The van der Waals surface area contributed by atoms with Gasteiger partial charge in [0.1, 0.15) is 5.75 Å². The lowest BCUT2D eigenvalue weighted by Crippen LogP contribution is -2.22. The van der Waals surface area contributed by atoms with Gasteiger partial charge in [0.05, 0.1) is 4.90 Å². The fourth-order valence-corrected chi connectivity index (χ4v) is 4.38. The van der Waals surface area contributed by atoms with Crippen LogP contribution in [0.5, 0.6) is 11.6 Å². The minimum absolute atomic E-state index is 0.184. The van der Waals surface area contributed by atoms with Crippen LogP contribution in [0.2, 0.25) is 0 Å². The van der Waals surface area contributed by atoms with Gasteiger partial charge in [0.25, 0.3) is 15.9 Å². The van der Waals surface area contributed by atoms with Crippen molar-refractivity contribution in [3.05, 3.63) is 114 Å². The van der Waals surface area contributed by atoms with Crippen molar-refractivity contribution >= 4 is 21.6 Å². The number of anilines is 1. The topological polar surface area (TPSA) is 97.4 Å². The Morgan fingerprint density at radius 2 is 1.71 bits per heavy atom. The third-order valence-electron chi connectivity index (χ3n) is 4.91. The van der Waals surface area contributed by atoms with E-state index in [-0.39, 0.29) is 10.8 Å². The lowest BCUT2D eigenvalue weighted by molar-refractivity contribution is 0.0951. The first kappa shape index (κ1) is 23.0. The Morgan fingerprint density at radius 3 is 2.44 bits per heavy atom. The fourth-order valence-electron chi connectivity index (χ4n) is 3.22. The summed E-state index contributed by atoms with van der Waals surface area (Å²) in [6.07, 6.45) is 1.65. The summed E-state index contributed by atoms with van der Waals surface area (Å²) in [5.41, 5.74) is 2.50. The third kappa shape index (κ3) is 5.99. The van der Waals surface area contributed by atoms with Crippen molar-refractivity contribution in [1.82, 2.24) is 10.3 Å². The summed E-state index contributed by atoms with van der Waals surface area (Å²) in [6, 6.07) is 25.7. The number of carbonyl (C=O) groups is 1. The maximum absolute atomic E-state index is 12.6. The molecule has 4 rings (SSSR count). The van der Waals surface area contributed by atoms with Crippen molar-refractivity contribution in [3.8, 4) is 11.6 Å². The number of aromatic nitrogens is 1. The lowest BCUT2D eigenvalue weighted by atomic mass is 10.1. The van der Waals surface area contributed by atoms with E-state index < -0.39 is 10.0 Å². The van der Waals surface area contributed by atoms with E-state index in [1.165, 1.54) is 6.07 Å². The maximum Gasteiger partial charge on any atom is 0.261 e. The molecule has 0 spiro atoms. The second-order valence-electron chi connectivity index (χ2n) is 7.60. The number of nitrogens with zero attached hydrogens (tertiary/aromatic N) is 1. The minimum Gasteiger partial charge on any atom is -0.439 e. The van der Waals surface area contributed by atoms with Crippen LogP contribution in [-0.2, 0) is 16.6 Å². The molecule has 0 bridgehead atoms. The summed E-state index contributed by atoms with van der Waals surface area (Å²) in [4.78, 5) is 16.9. The molecule has 0 aliphatic carbocycles. The molecular weight excluding hydrogens is 450 g/mol. The first-order chi connectivity index (χ1) is 16.4. The predicted molar refractivity (Wildman–Crippen MR) is 130 cm³/mol. The van der Waals surface area contributed by atoms with Crippen LogP contribution in [0.25, 0.3) is 0 Å². The normalized spacial score (nSPS) is 11.0. The van der Waals surface area contributed by atoms with Crippen molar-refractivity contribution in [2.24, 2.45) is 0 Å². The molecule has 8 heteroatoms. The highest BCUT2D eigenvalue weighted by Crippen LogP contribution is 2.20. The van der Waals surface area contributed by atoms with Crippen molar-refractivity contribution in [2.45, 2.75) is 18.4 Å². The molecule has 172 valence electrons. The first-order valence-electron chi connectivity index (χ1n) is 10.5. The van der Waals surface area contributed by atoms with Gasteiger partial charge in [-0.15, -0.1) is 0 Å². The zero-order valence-corrected chi connectivity index (χ0v) is 19.2. The van der Waals surface area contributed by atoms with E-state index in [0.29, 0.717) is 29.4 Å². The molecule has 1 heterocycles. The highest BCUT2D eigenvalue weighted by Gasteiger charge is 2.14. The fraction of sp³-hybridized carbons (Fsp3) is 0.0769. The second kappa shape index (κ2) is 10.2. The van der Waals surface area contributed by atoms with E-state index in [1.54, 1.807) is 48.7 Å². The van der Waals surface area contributed by atoms with Crippen LogP contribution in [-0.4, -0.2) is 19.3 Å². The van der Waals surface area contributed by atoms with Crippen LogP contribution in [0.4, 0.5) is 5.69 Å². The highest BCUT2D eigenvalue weighted by atomic mass is 32.2. The Kier molecular flexibility index (Phi) is 6.89. The average molecular weight is 474 g/mol. The number of benzene rings is 3. The van der Waals surface area contributed by atoms with Gasteiger partial charge in [0, 0.05) is 30.1 Å². The molecule has 0 unspecified atom stereocenters. The molecule has 3 aromatic carbocycles. The third-order valence-corrected chi connectivity index (χ3v) is 6.29. The number of aryl methyl sites for hydroxylation is 1. The van der Waals surface area contributed by atoms with Crippen LogP contribution in [0.1, 0.15) is 21.5 Å². The number of ether oxygens (including phenoxy) is 1. The highest BCUT2D eigenvalue weighted by molar-refractivity contribution is 7.92. The van der Waals surface area contributed by atoms with Crippen LogP contribution < -0.4 is 14.8 Å². The van der Waals surface area contributed by atoms with Gasteiger partial charge < -0.3 is 10.1 Å². The molecule has 0 saturated carbocycles. The summed E-state index contributed by atoms with van der Waals surface area (Å²) < 4.78 is 33.4. The number of pyridine rings is 1. The Bertz CT molecular complexity index is 1390. The predicted octanol–water partition coefficient (Wildman–Crippen LogP) is 4.91. The monoisotopic (exact) mass is 473 g/mol. The van der Waals surface area contributed by atoms with Gasteiger partial charge in [-0.25, -0.2) is 13.4 Å². The second-order valence-corrected chi connectivity index (χ2v) is 9.28. The largest absolute Gasteiger partial charge is 0.439 e. The van der Waals surface area contributed by atoms with Crippen LogP contribution >= 0.6 is 0 Å². The van der Waals surface area contributed by atoms with E-state index in [1.807, 2.05) is 49.4 Å². The van der Waals surface area contributed by atoms with E-state index in [9.17, 15) is 13.2 Å². The van der Waals surface area contributed by atoms with E-state index >= 15 is 0 Å². The van der Waals surface area contributed by atoms with E-state index in [2.05, 4.69) is 15.0 Å². The summed E-state index contributed by atoms with van der Waals surface area (Å²) in [5, 5.41) is 2.86. The number of carbonyl (C=O) groups excluding carboxylic acids is 1. The molecule has 1 aromatic heterocycles. The number of amides is 1. The van der Waals surface area contributed by atoms with Gasteiger partial charge in [-0.1, -0.05) is 30.3 Å². The SMILES string of the molecule is Cc1cccc(S(=O)(=O)Nc2ccc(C(=O)NCc3cccc(Oc4ccccn4)c3)cc2)c1. The molecule has 0 saturated heterocycles. The van der Waals surface area contributed by atoms with Gasteiger partial charge in [0.2, 0.25) is 5.88 Å². The number of nitrogens with one attached hydrogen (secondary N) is 2. The molecule has 0 fully saturated rings. The molecule has 2 N–H and O–H groups in total. The van der Waals surface area contributed by atoms with Gasteiger partial charge in [0.15, 0.2) is 0 Å². The molecule has 0 atom stereocenters. The number of rotatable bonds is 8. The Labute approximate surface area is 198 Å². The Morgan fingerprint density at radius 1 is 0.912 bits per heavy atom. The van der Waals surface area contributed by atoms with Crippen molar-refractivity contribution < 1.29 is 17.9 Å². The number of sulfonamides is 1. The molecule has 1 amide bonds. The summed E-state index contributed by atoms with van der Waals surface area (Å²) in [6.45, 7) is 2.14. The standard InChI is InChI=1S/C26H23N3O4S/c1-19-6-4-9-24(16-19)34(31,32)29-22-13-11-21(12-14-22)26(30)28-18-20-7-5-8-23(17-20)33-25-10-2-3-15-27-25/h2-17,29H,18H2,1H3,(H,28,30). The van der Waals surface area contributed by atoms with E-state index in [0.717, 1.165) is 11.1 Å². The van der Waals surface area contributed by atoms with Crippen LogP contribution in [0.3, 0.4) is 0 Å². The zero-order chi connectivity index (χ0) is 24.0. The molecule has 4 aromatic rings. The van der Waals surface area contributed by atoms with Crippen LogP contribution in [0, 0.1) is 6.92 Å². The van der Waals surface area contributed by atoms with E-state index in [4.69, 9.17) is 4.74 Å². The van der Waals surface area contributed by atoms with Gasteiger partial charge in [-0.2, -0.15) is 0 Å². The summed E-state index contributed by atoms with van der Waals surface area (Å²) >= 11 is 0. The van der Waals surface area contributed by atoms with Crippen LogP contribution in [0.15, 0.2) is 102 Å². The van der Waals surface area contributed by atoms with Gasteiger partial charge in [-0.05, 0) is 72.6 Å². The molecule has 0 radical (unpaired) electrons. The molecular formula is C26H23N3O4S. The molecule has 0 aliphatic heterocycles. The average Bonchev–Trinajstić information content (AvgIpc) is 2.84. The Balaban J connectivity index is 1.36. The van der Waals surface area contributed by atoms with Gasteiger partial charge in [-0.3, -0.25) is 9.52 Å². The maximum atomic E-state index is 12.6. The summed E-state index contributed by atoms with van der Waals surface area (Å²) in [5.74, 6) is 0.835. The molecule has 7 nitrogen and oxygen atoms in total. The Hall–Kier alpha value is -4.17. The summed E-state index contributed by atoms with van der Waals surface area (Å²) in [7, 11) is -3.71. The first-order valence-corrected chi connectivity index (χ1v) is 12.0. The molecule has 34 heavy (non-hydrogen) atoms. The quantitative estimate of drug-likeness (QED) is 0.379. The minimum atomic E-state index is -3.71. The van der Waals surface area contributed by atoms with Gasteiger partial charge >= 0.3 is 0 Å². The lowest BCUT2D eigenvalue weighted by Gasteiger charge is -2.10. The van der Waals surface area contributed by atoms with Crippen molar-refractivity contribution in [2.75, 3.05) is 4.72 Å². The number of hydrogen-bond donors (Lipinski definition) is 2. The smallest absolute Gasteiger partial charge is 0.261 e. The van der Waals surface area contributed by atoms with Crippen molar-refractivity contribution in [1.29, 1.82) is 0 Å². The number of hydrogen-bond acceptors (Lipinski definition) is 5. The van der Waals surface area contributed by atoms with Crippen molar-refractivity contribution in [3.63, 3.8) is 0 Å². The molecule has 0 aliphatic rings.